The zero-order valence-electron chi connectivity index (χ0n) is 18.6. The van der Waals surface area contributed by atoms with Crippen molar-refractivity contribution in [1.29, 1.82) is 0 Å². The predicted molar refractivity (Wildman–Crippen MR) is 123 cm³/mol. The molecule has 2 atom stereocenters. The number of hydrogen-bond donors (Lipinski definition) is 4. The summed E-state index contributed by atoms with van der Waals surface area (Å²) in [4.78, 5) is 51.3. The molecule has 0 aliphatic carbocycles. The number of urea groups is 2. The first-order valence-corrected chi connectivity index (χ1v) is 11.0. The summed E-state index contributed by atoms with van der Waals surface area (Å²) in [6.07, 6.45) is 0.310. The van der Waals surface area contributed by atoms with Gasteiger partial charge in [-0.25, -0.2) is 19.2 Å². The fraction of sp³-hybridized carbons (Fsp3) is 0.333. The van der Waals surface area contributed by atoms with Crippen LogP contribution in [0.15, 0.2) is 60.7 Å². The Morgan fingerprint density at radius 2 is 0.971 bits per heavy atom. The highest BCUT2D eigenvalue weighted by atomic mass is 16.4. The highest BCUT2D eigenvalue weighted by molar-refractivity contribution is 5.84. The molecule has 1 aliphatic heterocycles. The molecule has 3 rings (SSSR count). The molecule has 1 aliphatic rings. The van der Waals surface area contributed by atoms with Crippen LogP contribution in [0.2, 0.25) is 0 Å². The third-order valence-electron chi connectivity index (χ3n) is 5.61. The fourth-order valence-corrected chi connectivity index (χ4v) is 3.69. The van der Waals surface area contributed by atoms with Crippen LogP contribution in [0, 0.1) is 0 Å². The summed E-state index contributed by atoms with van der Waals surface area (Å²) < 4.78 is 0. The second-order valence-corrected chi connectivity index (χ2v) is 8.03. The van der Waals surface area contributed by atoms with Gasteiger partial charge in [-0.2, -0.15) is 0 Å². The maximum Gasteiger partial charge on any atom is 0.326 e. The summed E-state index contributed by atoms with van der Waals surface area (Å²) in [6.45, 7) is 0.807. The molecule has 0 saturated carbocycles. The van der Waals surface area contributed by atoms with Crippen LogP contribution in [0.1, 0.15) is 11.1 Å². The van der Waals surface area contributed by atoms with Crippen LogP contribution in [0.3, 0.4) is 0 Å². The van der Waals surface area contributed by atoms with E-state index < -0.39 is 36.1 Å². The molecule has 0 unspecified atom stereocenters. The lowest BCUT2D eigenvalue weighted by atomic mass is 10.1. The molecule has 0 aromatic heterocycles. The Labute approximate surface area is 197 Å². The zero-order valence-corrected chi connectivity index (χ0v) is 18.6. The average Bonchev–Trinajstić information content (AvgIpc) is 2.84. The van der Waals surface area contributed by atoms with Gasteiger partial charge in [0.15, 0.2) is 0 Å². The smallest absolute Gasteiger partial charge is 0.326 e. The zero-order chi connectivity index (χ0) is 24.5. The molecule has 0 radical (unpaired) electrons. The van der Waals surface area contributed by atoms with Crippen molar-refractivity contribution in [2.24, 2.45) is 0 Å². The van der Waals surface area contributed by atoms with E-state index in [0.29, 0.717) is 0 Å². The van der Waals surface area contributed by atoms with Gasteiger partial charge in [-0.15, -0.1) is 0 Å². The molecular weight excluding hydrogens is 440 g/mol. The van der Waals surface area contributed by atoms with Gasteiger partial charge in [0.1, 0.15) is 12.1 Å². The molecule has 34 heavy (non-hydrogen) atoms. The van der Waals surface area contributed by atoms with Crippen molar-refractivity contribution in [3.05, 3.63) is 71.8 Å². The van der Waals surface area contributed by atoms with Crippen LogP contribution in [0.4, 0.5) is 9.59 Å². The molecule has 0 bridgehead atoms. The number of carbonyl (C=O) groups excluding carboxylic acids is 2. The van der Waals surface area contributed by atoms with E-state index in [2.05, 4.69) is 10.6 Å². The molecule has 1 fully saturated rings. The normalized spacial score (nSPS) is 15.2. The third-order valence-corrected chi connectivity index (χ3v) is 5.61. The molecule has 0 spiro atoms. The summed E-state index contributed by atoms with van der Waals surface area (Å²) in [6, 6.07) is 14.8. The summed E-state index contributed by atoms with van der Waals surface area (Å²) in [5, 5.41) is 24.1. The highest BCUT2D eigenvalue weighted by Crippen LogP contribution is 2.08. The number of nitrogens with one attached hydrogen (secondary N) is 2. The monoisotopic (exact) mass is 468 g/mol. The summed E-state index contributed by atoms with van der Waals surface area (Å²) in [5.74, 6) is -2.26. The van der Waals surface area contributed by atoms with Crippen molar-refractivity contribution in [2.45, 2.75) is 24.9 Å². The van der Waals surface area contributed by atoms with Crippen LogP contribution < -0.4 is 10.6 Å². The summed E-state index contributed by atoms with van der Waals surface area (Å²) >= 11 is 0. The Hall–Kier alpha value is -4.08. The lowest BCUT2D eigenvalue weighted by Gasteiger charge is -2.35. The lowest BCUT2D eigenvalue weighted by molar-refractivity contribution is -0.140. The number of hydrogen-bond acceptors (Lipinski definition) is 4. The van der Waals surface area contributed by atoms with Crippen LogP contribution in [0.25, 0.3) is 0 Å². The summed E-state index contributed by atoms with van der Waals surface area (Å²) in [5.41, 5.74) is 1.58. The standard InChI is InChI=1S/C24H28N4O6/c29-21(30)19(15-17-7-3-1-4-8-17)25-23(33)27-11-13-28(14-12-27)24(34)26-20(22(31)32)16-18-9-5-2-6-10-18/h1-10,19-20H,11-16H2,(H,25,33)(H,26,34)(H,29,30)(H,31,32)/t19-,20-/m1/s1. The number of nitrogens with zero attached hydrogens (tertiary/aromatic N) is 2. The molecule has 10 heteroatoms. The van der Waals surface area contributed by atoms with Gasteiger partial charge in [0.2, 0.25) is 0 Å². The molecular formula is C24H28N4O6. The highest BCUT2D eigenvalue weighted by Gasteiger charge is 2.29. The quantitative estimate of drug-likeness (QED) is 0.462. The van der Waals surface area contributed by atoms with Crippen LogP contribution in [-0.4, -0.2) is 82.3 Å². The number of aliphatic carboxylic acids is 2. The second-order valence-electron chi connectivity index (χ2n) is 8.03. The first-order chi connectivity index (χ1) is 16.3. The number of benzene rings is 2. The van der Waals surface area contributed by atoms with Gasteiger partial charge < -0.3 is 30.6 Å². The van der Waals surface area contributed by atoms with E-state index in [1.165, 1.54) is 9.80 Å². The van der Waals surface area contributed by atoms with E-state index in [-0.39, 0.29) is 39.0 Å². The van der Waals surface area contributed by atoms with Crippen molar-refractivity contribution in [2.75, 3.05) is 26.2 Å². The lowest BCUT2D eigenvalue weighted by Crippen LogP contribution is -2.58. The van der Waals surface area contributed by atoms with E-state index in [1.54, 1.807) is 48.5 Å². The average molecular weight is 469 g/mol. The minimum Gasteiger partial charge on any atom is -0.480 e. The predicted octanol–water partition coefficient (Wildman–Crippen LogP) is 1.41. The van der Waals surface area contributed by atoms with E-state index >= 15 is 0 Å². The number of carbonyl (C=O) groups is 4. The summed E-state index contributed by atoms with van der Waals surface area (Å²) in [7, 11) is 0. The van der Waals surface area contributed by atoms with Gasteiger partial charge in [0, 0.05) is 39.0 Å². The van der Waals surface area contributed by atoms with E-state index in [4.69, 9.17) is 0 Å². The topological polar surface area (TPSA) is 139 Å². The van der Waals surface area contributed by atoms with Gasteiger partial charge in [-0.3, -0.25) is 0 Å². The first kappa shape index (κ1) is 24.6. The van der Waals surface area contributed by atoms with Gasteiger partial charge in [-0.1, -0.05) is 60.7 Å². The second kappa shape index (κ2) is 11.7. The molecule has 4 amide bonds. The Bertz CT molecular complexity index is 912. The number of amides is 4. The minimum absolute atomic E-state index is 0.155. The van der Waals surface area contributed by atoms with Crippen LogP contribution >= 0.6 is 0 Å². The van der Waals surface area contributed by atoms with Gasteiger partial charge in [0.25, 0.3) is 0 Å². The van der Waals surface area contributed by atoms with Gasteiger partial charge >= 0.3 is 24.0 Å². The molecule has 1 heterocycles. The fourth-order valence-electron chi connectivity index (χ4n) is 3.69. The molecule has 2 aromatic carbocycles. The minimum atomic E-state index is -1.13. The Morgan fingerprint density at radius 3 is 1.26 bits per heavy atom. The molecule has 10 nitrogen and oxygen atoms in total. The largest absolute Gasteiger partial charge is 0.480 e. The number of rotatable bonds is 8. The van der Waals surface area contributed by atoms with Crippen molar-refractivity contribution >= 4 is 24.0 Å². The Morgan fingerprint density at radius 1 is 0.647 bits per heavy atom. The van der Waals surface area contributed by atoms with Crippen molar-refractivity contribution in [3.8, 4) is 0 Å². The van der Waals surface area contributed by atoms with Crippen LogP contribution in [-0.2, 0) is 22.4 Å². The van der Waals surface area contributed by atoms with Gasteiger partial charge in [0.05, 0.1) is 0 Å². The molecule has 180 valence electrons. The van der Waals surface area contributed by atoms with E-state index in [1.807, 2.05) is 12.1 Å². The number of carboxylic acid groups (broad SMARTS) is 2. The van der Waals surface area contributed by atoms with Crippen LogP contribution in [0.5, 0.6) is 0 Å². The first-order valence-electron chi connectivity index (χ1n) is 11.0. The third kappa shape index (κ3) is 6.96. The molecule has 2 aromatic rings. The molecule has 1 saturated heterocycles. The number of piperazine rings is 1. The maximum absolute atomic E-state index is 12.6. The maximum atomic E-state index is 12.6. The Kier molecular flexibility index (Phi) is 8.44. The van der Waals surface area contributed by atoms with E-state index in [0.717, 1.165) is 11.1 Å². The Balaban J connectivity index is 1.50. The molecule has 4 N–H and O–H groups in total. The van der Waals surface area contributed by atoms with Crippen molar-refractivity contribution in [3.63, 3.8) is 0 Å². The van der Waals surface area contributed by atoms with Crippen molar-refractivity contribution < 1.29 is 29.4 Å². The van der Waals surface area contributed by atoms with Crippen molar-refractivity contribution in [1.82, 2.24) is 20.4 Å². The SMILES string of the molecule is O=C(O)[C@@H](Cc1ccccc1)NC(=O)N1CCN(C(=O)N[C@H](Cc2ccccc2)C(=O)O)CC1. The van der Waals surface area contributed by atoms with Gasteiger partial charge in [-0.05, 0) is 11.1 Å². The van der Waals surface area contributed by atoms with E-state index in [9.17, 15) is 29.4 Å². The number of carboxylic acids is 2.